The molecule has 19 heavy (non-hydrogen) atoms. The molecule has 1 aliphatic rings. The number of nitrogens with zero attached hydrogens (tertiary/aromatic N) is 1. The molecule has 98 valence electrons. The van der Waals surface area contributed by atoms with Gasteiger partial charge in [0.05, 0.1) is 12.8 Å². The van der Waals surface area contributed by atoms with Gasteiger partial charge in [0.2, 0.25) is 0 Å². The number of hydrogen-bond acceptors (Lipinski definition) is 2. The minimum absolute atomic E-state index is 0.00977. The van der Waals surface area contributed by atoms with E-state index in [9.17, 15) is 9.50 Å². The second-order valence-electron chi connectivity index (χ2n) is 4.86. The summed E-state index contributed by atoms with van der Waals surface area (Å²) in [5.41, 5.74) is 3.53. The maximum atomic E-state index is 13.1. The van der Waals surface area contributed by atoms with E-state index < -0.39 is 0 Å². The quantitative estimate of drug-likeness (QED) is 0.894. The lowest BCUT2D eigenvalue weighted by Gasteiger charge is -2.36. The fraction of sp³-hybridized carbons (Fsp3) is 0.250. The van der Waals surface area contributed by atoms with Crippen LogP contribution in [0.2, 0.25) is 0 Å². The maximum absolute atomic E-state index is 13.1. The van der Waals surface area contributed by atoms with Crippen molar-refractivity contribution in [2.75, 3.05) is 13.3 Å². The van der Waals surface area contributed by atoms with E-state index in [1.54, 1.807) is 12.1 Å². The third-order valence-electron chi connectivity index (χ3n) is 3.75. The predicted molar refractivity (Wildman–Crippen MR) is 72.2 cm³/mol. The van der Waals surface area contributed by atoms with Crippen molar-refractivity contribution in [3.05, 3.63) is 71.0 Å². The van der Waals surface area contributed by atoms with Crippen LogP contribution >= 0.6 is 0 Å². The summed E-state index contributed by atoms with van der Waals surface area (Å²) in [6, 6.07) is 14.8. The van der Waals surface area contributed by atoms with Gasteiger partial charge in [0.15, 0.2) is 0 Å². The average Bonchev–Trinajstić information content (AvgIpc) is 2.47. The molecular formula is C16H16FNO. The molecule has 0 bridgehead atoms. The summed E-state index contributed by atoms with van der Waals surface area (Å²) in [6.07, 6.45) is 0.939. The van der Waals surface area contributed by atoms with Gasteiger partial charge in [0.1, 0.15) is 5.82 Å². The summed E-state index contributed by atoms with van der Waals surface area (Å²) >= 11 is 0. The van der Waals surface area contributed by atoms with E-state index >= 15 is 0 Å². The Balaban J connectivity index is 2.07. The predicted octanol–water partition coefficient (Wildman–Crippen LogP) is 2.72. The topological polar surface area (TPSA) is 23.5 Å². The Morgan fingerprint density at radius 3 is 2.58 bits per heavy atom. The lowest BCUT2D eigenvalue weighted by Crippen LogP contribution is -2.36. The van der Waals surface area contributed by atoms with Gasteiger partial charge in [0, 0.05) is 6.54 Å². The van der Waals surface area contributed by atoms with E-state index in [1.165, 1.54) is 23.3 Å². The summed E-state index contributed by atoms with van der Waals surface area (Å²) in [5.74, 6) is -0.233. The Morgan fingerprint density at radius 2 is 1.84 bits per heavy atom. The zero-order valence-corrected chi connectivity index (χ0v) is 10.6. The van der Waals surface area contributed by atoms with Crippen molar-refractivity contribution in [1.82, 2.24) is 4.90 Å². The number of aliphatic hydroxyl groups excluding tert-OH is 1. The van der Waals surface area contributed by atoms with Crippen LogP contribution in [-0.4, -0.2) is 23.3 Å². The van der Waals surface area contributed by atoms with Crippen LogP contribution in [0.3, 0.4) is 0 Å². The van der Waals surface area contributed by atoms with Crippen molar-refractivity contribution < 1.29 is 9.50 Å². The first-order valence-electron chi connectivity index (χ1n) is 6.48. The number of aliphatic hydroxyl groups is 1. The van der Waals surface area contributed by atoms with Gasteiger partial charge in [-0.15, -0.1) is 0 Å². The smallest absolute Gasteiger partial charge is 0.123 e. The second kappa shape index (κ2) is 5.11. The molecule has 1 atom stereocenters. The van der Waals surface area contributed by atoms with Crippen LogP contribution in [0.15, 0.2) is 48.5 Å². The van der Waals surface area contributed by atoms with Gasteiger partial charge in [0.25, 0.3) is 0 Å². The van der Waals surface area contributed by atoms with Crippen LogP contribution in [0.1, 0.15) is 22.7 Å². The number of rotatable bonds is 2. The van der Waals surface area contributed by atoms with Gasteiger partial charge in [-0.05, 0) is 35.2 Å². The molecule has 0 radical (unpaired) electrons. The molecule has 0 spiro atoms. The normalized spacial score (nSPS) is 19.2. The highest BCUT2D eigenvalue weighted by atomic mass is 19.1. The van der Waals surface area contributed by atoms with Gasteiger partial charge in [-0.25, -0.2) is 4.39 Å². The molecule has 1 N–H and O–H groups in total. The molecule has 2 aromatic rings. The molecule has 1 aliphatic heterocycles. The molecule has 2 nitrogen and oxygen atoms in total. The molecule has 0 unspecified atom stereocenters. The molecular weight excluding hydrogens is 241 g/mol. The van der Waals surface area contributed by atoms with E-state index in [4.69, 9.17) is 0 Å². The number of halogens is 1. The van der Waals surface area contributed by atoms with Crippen molar-refractivity contribution in [1.29, 1.82) is 0 Å². The Kier molecular flexibility index (Phi) is 3.32. The summed E-state index contributed by atoms with van der Waals surface area (Å²) in [5, 5.41) is 9.55. The molecule has 3 heteroatoms. The summed E-state index contributed by atoms with van der Waals surface area (Å²) in [6.45, 7) is 0.825. The van der Waals surface area contributed by atoms with Crippen LogP contribution in [0.25, 0.3) is 0 Å². The molecule has 0 saturated carbocycles. The lowest BCUT2D eigenvalue weighted by molar-refractivity contribution is 0.0756. The van der Waals surface area contributed by atoms with Crippen molar-refractivity contribution in [2.24, 2.45) is 0 Å². The van der Waals surface area contributed by atoms with Gasteiger partial charge >= 0.3 is 0 Å². The third-order valence-corrected chi connectivity index (χ3v) is 3.75. The van der Waals surface area contributed by atoms with Crippen molar-refractivity contribution in [3.63, 3.8) is 0 Å². The van der Waals surface area contributed by atoms with Crippen LogP contribution in [0.5, 0.6) is 0 Å². The lowest BCUT2D eigenvalue weighted by atomic mass is 9.88. The molecule has 0 amide bonds. The number of hydrogen-bond donors (Lipinski definition) is 1. The molecule has 3 rings (SSSR count). The van der Waals surface area contributed by atoms with Crippen molar-refractivity contribution in [2.45, 2.75) is 12.5 Å². The fourth-order valence-corrected chi connectivity index (χ4v) is 2.81. The minimum Gasteiger partial charge on any atom is -0.381 e. The molecule has 0 aliphatic carbocycles. The van der Waals surface area contributed by atoms with E-state index in [2.05, 4.69) is 12.1 Å². The standard InChI is InChI=1S/C16H16FNO/c17-14-7-5-13(6-8-14)16-15-4-2-1-3-12(15)9-10-18(16)11-19/h1-8,16,19H,9-11H2/t16-/m0/s1. The van der Waals surface area contributed by atoms with Crippen LogP contribution in [0.4, 0.5) is 4.39 Å². The van der Waals surface area contributed by atoms with Gasteiger partial charge in [-0.1, -0.05) is 36.4 Å². The Hall–Kier alpha value is -1.71. The van der Waals surface area contributed by atoms with Gasteiger partial charge in [-0.2, -0.15) is 0 Å². The zero-order chi connectivity index (χ0) is 13.2. The molecule has 0 aromatic heterocycles. The largest absolute Gasteiger partial charge is 0.381 e. The van der Waals surface area contributed by atoms with E-state index in [-0.39, 0.29) is 18.6 Å². The van der Waals surface area contributed by atoms with Crippen molar-refractivity contribution >= 4 is 0 Å². The monoisotopic (exact) mass is 257 g/mol. The first-order valence-corrected chi connectivity index (χ1v) is 6.48. The van der Waals surface area contributed by atoms with E-state index in [1.807, 2.05) is 17.0 Å². The van der Waals surface area contributed by atoms with E-state index in [0.717, 1.165) is 18.5 Å². The fourth-order valence-electron chi connectivity index (χ4n) is 2.81. The van der Waals surface area contributed by atoms with Gasteiger partial charge < -0.3 is 5.11 Å². The summed E-state index contributed by atoms with van der Waals surface area (Å²) in [7, 11) is 0. The van der Waals surface area contributed by atoms with Crippen molar-refractivity contribution in [3.8, 4) is 0 Å². The Morgan fingerprint density at radius 1 is 1.11 bits per heavy atom. The van der Waals surface area contributed by atoms with Gasteiger partial charge in [-0.3, -0.25) is 4.90 Å². The summed E-state index contributed by atoms with van der Waals surface area (Å²) in [4.78, 5) is 2.01. The SMILES string of the molecule is OCN1CCc2ccccc2[C@@H]1c1ccc(F)cc1. The molecule has 2 aromatic carbocycles. The Bertz CT molecular complexity index is 567. The molecule has 0 saturated heterocycles. The molecule has 1 heterocycles. The summed E-state index contributed by atoms with van der Waals surface area (Å²) < 4.78 is 13.1. The maximum Gasteiger partial charge on any atom is 0.123 e. The van der Waals surface area contributed by atoms with Crippen LogP contribution < -0.4 is 0 Å². The number of fused-ring (bicyclic) bond motifs is 1. The van der Waals surface area contributed by atoms with E-state index in [0.29, 0.717) is 0 Å². The highest BCUT2D eigenvalue weighted by Crippen LogP contribution is 2.34. The first kappa shape index (κ1) is 12.3. The number of benzene rings is 2. The minimum atomic E-state index is -0.233. The van der Waals surface area contributed by atoms with Crippen LogP contribution in [0, 0.1) is 5.82 Å². The Labute approximate surface area is 112 Å². The third kappa shape index (κ3) is 2.27. The highest BCUT2D eigenvalue weighted by molar-refractivity contribution is 5.39. The zero-order valence-electron chi connectivity index (χ0n) is 10.6. The average molecular weight is 257 g/mol. The highest BCUT2D eigenvalue weighted by Gasteiger charge is 2.27. The van der Waals surface area contributed by atoms with Crippen LogP contribution in [-0.2, 0) is 6.42 Å². The second-order valence-corrected chi connectivity index (χ2v) is 4.86. The first-order chi connectivity index (χ1) is 9.29. The molecule has 0 fully saturated rings.